The Hall–Kier alpha value is -4.95. The lowest BCUT2D eigenvalue weighted by atomic mass is 9.89. The SMILES string of the molecule is CC(C)(C)OC(=O)N[C@@H]1CCCC[C@@H]1N(CC(=O)O)C(=O)Cn1cnc2c(=O)[nH]c(NC(=O)OCc3ccccc3)nc21. The van der Waals surface area contributed by atoms with Gasteiger partial charge in [0.25, 0.3) is 5.56 Å². The van der Waals surface area contributed by atoms with Crippen molar-refractivity contribution < 1.29 is 33.8 Å². The molecule has 1 aliphatic carbocycles. The van der Waals surface area contributed by atoms with Gasteiger partial charge in [0.2, 0.25) is 11.9 Å². The Morgan fingerprint density at radius 1 is 1.12 bits per heavy atom. The summed E-state index contributed by atoms with van der Waals surface area (Å²) in [5.74, 6) is -2.02. The fraction of sp³-hybridized carbons (Fsp3) is 0.464. The first-order valence-corrected chi connectivity index (χ1v) is 13.8. The van der Waals surface area contributed by atoms with Crippen molar-refractivity contribution in [3.8, 4) is 0 Å². The van der Waals surface area contributed by atoms with Crippen molar-refractivity contribution in [2.75, 3.05) is 11.9 Å². The second-order valence-corrected chi connectivity index (χ2v) is 11.2. The number of aromatic amines is 1. The summed E-state index contributed by atoms with van der Waals surface area (Å²) in [6.45, 7) is 4.19. The fourth-order valence-electron chi connectivity index (χ4n) is 4.87. The van der Waals surface area contributed by atoms with Crippen molar-refractivity contribution >= 4 is 41.2 Å². The van der Waals surface area contributed by atoms with Crippen LogP contribution in [0.5, 0.6) is 0 Å². The molecule has 3 amide bonds. The molecule has 0 saturated heterocycles. The summed E-state index contributed by atoms with van der Waals surface area (Å²) in [6.07, 6.45) is 2.25. The van der Waals surface area contributed by atoms with Crippen LogP contribution in [0.2, 0.25) is 0 Å². The molecule has 15 heteroatoms. The van der Waals surface area contributed by atoms with Gasteiger partial charge in [-0.1, -0.05) is 43.2 Å². The van der Waals surface area contributed by atoms with Crippen LogP contribution in [0.4, 0.5) is 15.5 Å². The molecule has 15 nitrogen and oxygen atoms in total. The number of carbonyl (C=O) groups is 4. The molecular formula is C28H35N7O8. The number of hydrogen-bond acceptors (Lipinski definition) is 9. The Labute approximate surface area is 246 Å². The summed E-state index contributed by atoms with van der Waals surface area (Å²) in [4.78, 5) is 74.7. The molecule has 230 valence electrons. The summed E-state index contributed by atoms with van der Waals surface area (Å²) in [5, 5.41) is 14.8. The molecule has 0 spiro atoms. The number of nitrogens with one attached hydrogen (secondary N) is 3. The van der Waals surface area contributed by atoms with Gasteiger partial charge in [0.05, 0.1) is 18.4 Å². The summed E-state index contributed by atoms with van der Waals surface area (Å²) >= 11 is 0. The molecule has 1 aliphatic rings. The first kappa shape index (κ1) is 31.0. The standard InChI is InChI=1S/C28H35N7O8/c1-28(2,3)43-27(41)30-18-11-7-8-12-19(18)35(14-21(37)38)20(36)13-34-16-29-22-23(34)31-25(32-24(22)39)33-26(40)42-15-17-9-5-4-6-10-17/h4-6,9-10,16,18-19H,7-8,11-15H2,1-3H3,(H,30,41)(H,37,38)(H2,31,32,33,39,40)/t18-,19+/m1/s1. The average Bonchev–Trinajstić information content (AvgIpc) is 3.33. The highest BCUT2D eigenvalue weighted by atomic mass is 16.6. The Morgan fingerprint density at radius 3 is 2.53 bits per heavy atom. The van der Waals surface area contributed by atoms with E-state index >= 15 is 0 Å². The zero-order chi connectivity index (χ0) is 31.1. The van der Waals surface area contributed by atoms with Crippen molar-refractivity contribution in [3.05, 3.63) is 52.6 Å². The van der Waals surface area contributed by atoms with Gasteiger partial charge in [0, 0.05) is 0 Å². The normalized spacial score (nSPS) is 16.7. The van der Waals surface area contributed by atoms with Gasteiger partial charge in [-0.3, -0.25) is 24.7 Å². The maximum Gasteiger partial charge on any atom is 0.414 e. The van der Waals surface area contributed by atoms with E-state index in [0.717, 1.165) is 18.4 Å². The zero-order valence-corrected chi connectivity index (χ0v) is 24.2. The van der Waals surface area contributed by atoms with Crippen molar-refractivity contribution in [2.24, 2.45) is 0 Å². The Morgan fingerprint density at radius 2 is 1.84 bits per heavy atom. The predicted octanol–water partition coefficient (Wildman–Crippen LogP) is 2.62. The van der Waals surface area contributed by atoms with E-state index in [1.54, 1.807) is 45.0 Å². The van der Waals surface area contributed by atoms with Crippen molar-refractivity contribution in [3.63, 3.8) is 0 Å². The van der Waals surface area contributed by atoms with Gasteiger partial charge >= 0.3 is 18.2 Å². The lowest BCUT2D eigenvalue weighted by Gasteiger charge is -2.39. The monoisotopic (exact) mass is 597 g/mol. The summed E-state index contributed by atoms with van der Waals surface area (Å²) in [7, 11) is 0. The number of aromatic nitrogens is 4. The third-order valence-electron chi connectivity index (χ3n) is 6.67. The minimum absolute atomic E-state index is 0.00203. The largest absolute Gasteiger partial charge is 0.480 e. The van der Waals surface area contributed by atoms with E-state index in [0.29, 0.717) is 12.8 Å². The molecule has 4 rings (SSSR count). The molecule has 0 aliphatic heterocycles. The Kier molecular flexibility index (Phi) is 9.63. The Balaban J connectivity index is 1.51. The van der Waals surface area contributed by atoms with E-state index in [9.17, 15) is 29.1 Å². The maximum absolute atomic E-state index is 13.6. The number of aliphatic carboxylic acids is 1. The molecule has 1 fully saturated rings. The van der Waals surface area contributed by atoms with Gasteiger partial charge in [-0.05, 0) is 39.2 Å². The lowest BCUT2D eigenvalue weighted by Crippen LogP contribution is -2.57. The molecule has 1 saturated carbocycles. The van der Waals surface area contributed by atoms with Crippen LogP contribution in [0.25, 0.3) is 11.2 Å². The minimum Gasteiger partial charge on any atom is -0.480 e. The average molecular weight is 598 g/mol. The smallest absolute Gasteiger partial charge is 0.414 e. The van der Waals surface area contributed by atoms with Crippen LogP contribution in [0.15, 0.2) is 41.5 Å². The molecule has 0 radical (unpaired) electrons. The van der Waals surface area contributed by atoms with E-state index < -0.39 is 60.4 Å². The number of fused-ring (bicyclic) bond motifs is 1. The van der Waals surface area contributed by atoms with Crippen LogP contribution >= 0.6 is 0 Å². The highest BCUT2D eigenvalue weighted by Gasteiger charge is 2.36. The predicted molar refractivity (Wildman–Crippen MR) is 153 cm³/mol. The number of ether oxygens (including phenoxy) is 2. The number of alkyl carbamates (subject to hydrolysis) is 1. The third-order valence-corrected chi connectivity index (χ3v) is 6.67. The van der Waals surface area contributed by atoms with Crippen LogP contribution in [0.3, 0.4) is 0 Å². The van der Waals surface area contributed by atoms with Crippen LogP contribution in [0, 0.1) is 0 Å². The number of hydrogen-bond donors (Lipinski definition) is 4. The highest BCUT2D eigenvalue weighted by Crippen LogP contribution is 2.25. The molecular weight excluding hydrogens is 562 g/mol. The van der Waals surface area contributed by atoms with Gasteiger partial charge in [-0.2, -0.15) is 4.98 Å². The molecule has 0 unspecified atom stereocenters. The molecule has 2 atom stereocenters. The summed E-state index contributed by atoms with van der Waals surface area (Å²) < 4.78 is 11.8. The van der Waals surface area contributed by atoms with Crippen molar-refractivity contribution in [1.82, 2.24) is 29.7 Å². The van der Waals surface area contributed by atoms with Gasteiger partial charge in [-0.15, -0.1) is 0 Å². The Bertz CT molecular complexity index is 1530. The quantitative estimate of drug-likeness (QED) is 0.284. The summed E-state index contributed by atoms with van der Waals surface area (Å²) in [6, 6.07) is 7.87. The topological polar surface area (TPSA) is 198 Å². The molecule has 3 aromatic rings. The molecule has 2 heterocycles. The molecule has 43 heavy (non-hydrogen) atoms. The van der Waals surface area contributed by atoms with E-state index in [1.165, 1.54) is 15.8 Å². The third kappa shape index (κ3) is 8.53. The number of amides is 3. The van der Waals surface area contributed by atoms with Crippen LogP contribution < -0.4 is 16.2 Å². The zero-order valence-electron chi connectivity index (χ0n) is 24.2. The first-order valence-electron chi connectivity index (χ1n) is 13.8. The number of imidazole rings is 1. The van der Waals surface area contributed by atoms with Crippen LogP contribution in [0.1, 0.15) is 52.0 Å². The van der Waals surface area contributed by atoms with E-state index in [-0.39, 0.29) is 23.7 Å². The highest BCUT2D eigenvalue weighted by molar-refractivity contribution is 5.85. The van der Waals surface area contributed by atoms with Crippen molar-refractivity contribution in [2.45, 2.75) is 77.3 Å². The van der Waals surface area contributed by atoms with E-state index in [4.69, 9.17) is 9.47 Å². The number of carboxylic acids is 1. The lowest BCUT2D eigenvalue weighted by molar-refractivity contribution is -0.147. The number of nitrogens with zero attached hydrogens (tertiary/aromatic N) is 4. The van der Waals surface area contributed by atoms with Gasteiger partial charge in [0.15, 0.2) is 11.2 Å². The van der Waals surface area contributed by atoms with Gasteiger partial charge < -0.3 is 29.4 Å². The summed E-state index contributed by atoms with van der Waals surface area (Å²) in [5.41, 5.74) is -0.713. The molecule has 4 N–H and O–H groups in total. The number of benzene rings is 1. The number of H-pyrrole nitrogens is 1. The van der Waals surface area contributed by atoms with Crippen LogP contribution in [-0.2, 0) is 32.2 Å². The van der Waals surface area contributed by atoms with Gasteiger partial charge in [0.1, 0.15) is 25.3 Å². The number of carbonyl (C=O) groups excluding carboxylic acids is 3. The maximum atomic E-state index is 13.6. The fourth-order valence-corrected chi connectivity index (χ4v) is 4.87. The van der Waals surface area contributed by atoms with E-state index in [1.807, 2.05) is 6.07 Å². The second-order valence-electron chi connectivity index (χ2n) is 11.2. The molecule has 1 aromatic carbocycles. The molecule has 0 bridgehead atoms. The molecule has 2 aromatic heterocycles. The number of rotatable bonds is 9. The van der Waals surface area contributed by atoms with Crippen LogP contribution in [-0.4, -0.2) is 77.8 Å². The number of anilines is 1. The van der Waals surface area contributed by atoms with E-state index in [2.05, 4.69) is 25.6 Å². The van der Waals surface area contributed by atoms with Gasteiger partial charge in [-0.25, -0.2) is 14.6 Å². The minimum atomic E-state index is -1.22. The number of carboxylic acid groups (broad SMARTS) is 1. The first-order chi connectivity index (χ1) is 20.4. The van der Waals surface area contributed by atoms with Crippen molar-refractivity contribution in [1.29, 1.82) is 0 Å². The second kappa shape index (κ2) is 13.4.